The molecule has 1 atom stereocenters. The molecule has 2 aromatic rings. The van der Waals surface area contributed by atoms with Gasteiger partial charge in [-0.2, -0.15) is 0 Å². The Hall–Kier alpha value is -2.62. The Kier molecular flexibility index (Phi) is 10.1. The highest BCUT2D eigenvalue weighted by atomic mass is 16.5. The monoisotopic (exact) mass is 410 g/mol. The van der Waals surface area contributed by atoms with Gasteiger partial charge in [-0.3, -0.25) is 4.79 Å². The number of carbonyl (C=O) groups is 2. The summed E-state index contributed by atoms with van der Waals surface area (Å²) < 4.78 is 10.8. The number of carbonyl (C=O) groups excluding carboxylic acids is 2. The third-order valence-corrected chi connectivity index (χ3v) is 5.16. The lowest BCUT2D eigenvalue weighted by Crippen LogP contribution is -2.13. The van der Waals surface area contributed by atoms with Gasteiger partial charge >= 0.3 is 11.9 Å². The summed E-state index contributed by atoms with van der Waals surface area (Å²) in [7, 11) is 0. The first-order valence-corrected chi connectivity index (χ1v) is 11.2. The molecule has 0 amide bonds. The molecule has 0 saturated carbocycles. The Labute approximate surface area is 180 Å². The van der Waals surface area contributed by atoms with E-state index >= 15 is 0 Å². The molecule has 0 aliphatic rings. The SMILES string of the molecule is CCCCCCCCC(=O)Oc1ccc(-c2ccc(C(=O)OC(C)CC)cc2)cc1. The third-order valence-electron chi connectivity index (χ3n) is 5.16. The maximum absolute atomic E-state index is 12.1. The second-order valence-corrected chi connectivity index (χ2v) is 7.72. The molecule has 2 rings (SSSR count). The van der Waals surface area contributed by atoms with Crippen molar-refractivity contribution in [2.24, 2.45) is 0 Å². The van der Waals surface area contributed by atoms with Crippen molar-refractivity contribution < 1.29 is 19.1 Å². The lowest BCUT2D eigenvalue weighted by Gasteiger charge is -2.11. The average Bonchev–Trinajstić information content (AvgIpc) is 2.76. The van der Waals surface area contributed by atoms with E-state index in [-0.39, 0.29) is 18.0 Å². The second-order valence-electron chi connectivity index (χ2n) is 7.72. The number of benzene rings is 2. The Bertz CT molecular complexity index is 778. The van der Waals surface area contributed by atoms with Crippen molar-refractivity contribution >= 4 is 11.9 Å². The van der Waals surface area contributed by atoms with Gasteiger partial charge in [0, 0.05) is 6.42 Å². The van der Waals surface area contributed by atoms with Gasteiger partial charge in [-0.1, -0.05) is 70.2 Å². The van der Waals surface area contributed by atoms with Crippen LogP contribution in [0.5, 0.6) is 5.75 Å². The molecule has 30 heavy (non-hydrogen) atoms. The smallest absolute Gasteiger partial charge is 0.338 e. The van der Waals surface area contributed by atoms with E-state index in [0.717, 1.165) is 30.4 Å². The van der Waals surface area contributed by atoms with Gasteiger partial charge in [0.1, 0.15) is 5.75 Å². The van der Waals surface area contributed by atoms with E-state index in [2.05, 4.69) is 6.92 Å². The zero-order valence-electron chi connectivity index (χ0n) is 18.5. The van der Waals surface area contributed by atoms with Crippen molar-refractivity contribution in [3.63, 3.8) is 0 Å². The summed E-state index contributed by atoms with van der Waals surface area (Å²) in [5.41, 5.74) is 2.52. The average molecular weight is 411 g/mol. The van der Waals surface area contributed by atoms with E-state index in [4.69, 9.17) is 9.47 Å². The topological polar surface area (TPSA) is 52.6 Å². The summed E-state index contributed by atoms with van der Waals surface area (Å²) in [6.45, 7) is 6.06. The number of hydrogen-bond acceptors (Lipinski definition) is 4. The van der Waals surface area contributed by atoms with Crippen LogP contribution in [0.2, 0.25) is 0 Å². The molecular weight excluding hydrogens is 376 g/mol. The number of unbranched alkanes of at least 4 members (excludes halogenated alkanes) is 5. The second kappa shape index (κ2) is 12.8. The Morgan fingerprint density at radius 3 is 1.97 bits per heavy atom. The minimum Gasteiger partial charge on any atom is -0.459 e. The van der Waals surface area contributed by atoms with Crippen LogP contribution in [0, 0.1) is 0 Å². The molecule has 1 unspecified atom stereocenters. The fraction of sp³-hybridized carbons (Fsp3) is 0.462. The van der Waals surface area contributed by atoms with Crippen molar-refractivity contribution in [2.75, 3.05) is 0 Å². The molecule has 0 aliphatic heterocycles. The maximum atomic E-state index is 12.1. The normalized spacial score (nSPS) is 11.7. The standard InChI is InChI=1S/C26H34O4/c1-4-6-7-8-9-10-11-25(27)30-24-18-16-22(17-19-24)21-12-14-23(15-13-21)26(28)29-20(3)5-2/h12-20H,4-11H2,1-3H3. The zero-order valence-corrected chi connectivity index (χ0v) is 18.5. The molecule has 0 radical (unpaired) electrons. The number of ether oxygens (including phenoxy) is 2. The Morgan fingerprint density at radius 1 is 0.800 bits per heavy atom. The predicted octanol–water partition coefficient (Wildman–Crippen LogP) is 6.96. The van der Waals surface area contributed by atoms with Gasteiger partial charge in [-0.05, 0) is 55.2 Å². The Morgan fingerprint density at radius 2 is 1.37 bits per heavy atom. The lowest BCUT2D eigenvalue weighted by molar-refractivity contribution is -0.134. The van der Waals surface area contributed by atoms with Crippen LogP contribution in [-0.4, -0.2) is 18.0 Å². The number of hydrogen-bond donors (Lipinski definition) is 0. The first kappa shape index (κ1) is 23.7. The van der Waals surface area contributed by atoms with Gasteiger partial charge in [0.25, 0.3) is 0 Å². The van der Waals surface area contributed by atoms with Crippen LogP contribution in [-0.2, 0) is 9.53 Å². The third kappa shape index (κ3) is 8.02. The molecule has 0 bridgehead atoms. The van der Waals surface area contributed by atoms with Crippen molar-refractivity contribution in [3.8, 4) is 16.9 Å². The van der Waals surface area contributed by atoms with Crippen molar-refractivity contribution in [3.05, 3.63) is 54.1 Å². The first-order valence-electron chi connectivity index (χ1n) is 11.2. The van der Waals surface area contributed by atoms with Crippen LogP contribution in [0.15, 0.2) is 48.5 Å². The highest BCUT2D eigenvalue weighted by Gasteiger charge is 2.11. The maximum Gasteiger partial charge on any atom is 0.338 e. The van der Waals surface area contributed by atoms with Gasteiger partial charge in [-0.25, -0.2) is 4.79 Å². The Balaban J connectivity index is 1.83. The summed E-state index contributed by atoms with van der Waals surface area (Å²) in [6, 6.07) is 14.8. The quantitative estimate of drug-likeness (QED) is 0.215. The van der Waals surface area contributed by atoms with Crippen LogP contribution in [0.1, 0.15) is 82.5 Å². The largest absolute Gasteiger partial charge is 0.459 e. The molecule has 4 heteroatoms. The molecule has 162 valence electrons. The van der Waals surface area contributed by atoms with Crippen LogP contribution >= 0.6 is 0 Å². The molecule has 4 nitrogen and oxygen atoms in total. The summed E-state index contributed by atoms with van der Waals surface area (Å²) in [5.74, 6) is 0.0782. The highest BCUT2D eigenvalue weighted by Crippen LogP contribution is 2.23. The van der Waals surface area contributed by atoms with Crippen LogP contribution in [0.25, 0.3) is 11.1 Å². The highest BCUT2D eigenvalue weighted by molar-refractivity contribution is 5.90. The van der Waals surface area contributed by atoms with Crippen molar-refractivity contribution in [1.82, 2.24) is 0 Å². The van der Waals surface area contributed by atoms with E-state index in [1.54, 1.807) is 24.3 Å². The minimum absolute atomic E-state index is 0.0894. The molecule has 0 N–H and O–H groups in total. The van der Waals surface area contributed by atoms with E-state index in [0.29, 0.717) is 17.7 Å². The molecule has 0 aliphatic carbocycles. The molecule has 0 saturated heterocycles. The minimum atomic E-state index is -0.302. The van der Waals surface area contributed by atoms with Crippen LogP contribution in [0.3, 0.4) is 0 Å². The summed E-state index contributed by atoms with van der Waals surface area (Å²) >= 11 is 0. The van der Waals surface area contributed by atoms with Gasteiger partial charge in [0.2, 0.25) is 0 Å². The first-order chi connectivity index (χ1) is 14.5. The molecule has 0 spiro atoms. The molecule has 0 heterocycles. The van der Waals surface area contributed by atoms with Gasteiger partial charge in [-0.15, -0.1) is 0 Å². The van der Waals surface area contributed by atoms with Crippen molar-refractivity contribution in [1.29, 1.82) is 0 Å². The summed E-state index contributed by atoms with van der Waals surface area (Å²) in [6.07, 6.45) is 8.04. The van der Waals surface area contributed by atoms with E-state index < -0.39 is 0 Å². The predicted molar refractivity (Wildman–Crippen MR) is 121 cm³/mol. The van der Waals surface area contributed by atoms with E-state index in [1.165, 1.54) is 25.7 Å². The van der Waals surface area contributed by atoms with Gasteiger partial charge < -0.3 is 9.47 Å². The summed E-state index contributed by atoms with van der Waals surface area (Å²) in [5, 5.41) is 0. The van der Waals surface area contributed by atoms with Gasteiger partial charge in [0.05, 0.1) is 11.7 Å². The molecular formula is C26H34O4. The fourth-order valence-electron chi connectivity index (χ4n) is 3.08. The van der Waals surface area contributed by atoms with E-state index in [1.807, 2.05) is 38.1 Å². The lowest BCUT2D eigenvalue weighted by atomic mass is 10.0. The van der Waals surface area contributed by atoms with Crippen molar-refractivity contribution in [2.45, 2.75) is 78.2 Å². The van der Waals surface area contributed by atoms with Crippen LogP contribution < -0.4 is 4.74 Å². The summed E-state index contributed by atoms with van der Waals surface area (Å²) in [4.78, 5) is 24.1. The molecule has 2 aromatic carbocycles. The van der Waals surface area contributed by atoms with Crippen LogP contribution in [0.4, 0.5) is 0 Å². The fourth-order valence-corrected chi connectivity index (χ4v) is 3.08. The number of esters is 2. The molecule has 0 fully saturated rings. The zero-order chi connectivity index (χ0) is 21.8. The van der Waals surface area contributed by atoms with Gasteiger partial charge in [0.15, 0.2) is 0 Å². The van der Waals surface area contributed by atoms with E-state index in [9.17, 15) is 9.59 Å². The number of rotatable bonds is 12. The molecule has 0 aromatic heterocycles.